The van der Waals surface area contributed by atoms with Gasteiger partial charge in [0.25, 0.3) is 0 Å². The van der Waals surface area contributed by atoms with Crippen LogP contribution in [0.2, 0.25) is 0 Å². The topological polar surface area (TPSA) is 36.9 Å². The molecule has 120 valence electrons. The Bertz CT molecular complexity index is 441. The van der Waals surface area contributed by atoms with Gasteiger partial charge in [0.2, 0.25) is 0 Å². The fourth-order valence-corrected chi connectivity index (χ4v) is 2.71. The van der Waals surface area contributed by atoms with Crippen molar-refractivity contribution in [3.05, 3.63) is 17.7 Å². The van der Waals surface area contributed by atoms with Crippen LogP contribution in [0.5, 0.6) is 11.5 Å². The predicted molar refractivity (Wildman–Crippen MR) is 89.2 cm³/mol. The van der Waals surface area contributed by atoms with Crippen molar-refractivity contribution in [2.45, 2.75) is 26.2 Å². The minimum atomic E-state index is 0.0432. The van der Waals surface area contributed by atoms with Crippen LogP contribution >= 0.6 is 9.24 Å². The van der Waals surface area contributed by atoms with E-state index in [-0.39, 0.29) is 5.41 Å². The summed E-state index contributed by atoms with van der Waals surface area (Å²) in [5.74, 6) is 1.50. The van der Waals surface area contributed by atoms with Crippen molar-refractivity contribution in [3.8, 4) is 11.5 Å². The lowest BCUT2D eigenvalue weighted by Crippen LogP contribution is -2.22. The lowest BCUT2D eigenvalue weighted by atomic mass is 9.87. The van der Waals surface area contributed by atoms with Crippen molar-refractivity contribution in [1.82, 2.24) is 0 Å². The highest BCUT2D eigenvalue weighted by Crippen LogP contribution is 2.33. The monoisotopic (exact) mass is 314 g/mol. The van der Waals surface area contributed by atoms with Gasteiger partial charge in [0, 0.05) is 19.5 Å². The van der Waals surface area contributed by atoms with E-state index in [1.165, 1.54) is 5.56 Å². The van der Waals surface area contributed by atoms with Gasteiger partial charge in [-0.3, -0.25) is 0 Å². The number of rotatable bonds is 8. The van der Waals surface area contributed by atoms with Gasteiger partial charge in [-0.1, -0.05) is 26.8 Å². The van der Waals surface area contributed by atoms with E-state index in [2.05, 4.69) is 36.1 Å². The van der Waals surface area contributed by atoms with Crippen LogP contribution in [-0.2, 0) is 14.9 Å². The SMILES string of the molecule is COCCOc1ccc(C(C)(C)C)c(P)c1OCCOC. The average molecular weight is 314 g/mol. The predicted octanol–water partition coefficient (Wildman–Crippen LogP) is 2.53. The van der Waals surface area contributed by atoms with Crippen LogP contribution in [-0.4, -0.2) is 40.6 Å². The molecule has 0 radical (unpaired) electrons. The Labute approximate surface area is 130 Å². The summed E-state index contributed by atoms with van der Waals surface area (Å²) in [6.07, 6.45) is 0. The van der Waals surface area contributed by atoms with Crippen molar-refractivity contribution < 1.29 is 18.9 Å². The minimum absolute atomic E-state index is 0.0432. The van der Waals surface area contributed by atoms with Crippen LogP contribution in [0.25, 0.3) is 0 Å². The summed E-state index contributed by atoms with van der Waals surface area (Å²) in [7, 11) is 6.09. The van der Waals surface area contributed by atoms with E-state index < -0.39 is 0 Å². The maximum absolute atomic E-state index is 5.86. The van der Waals surface area contributed by atoms with Crippen LogP contribution in [0.4, 0.5) is 0 Å². The quantitative estimate of drug-likeness (QED) is 0.546. The van der Waals surface area contributed by atoms with Gasteiger partial charge >= 0.3 is 0 Å². The smallest absolute Gasteiger partial charge is 0.168 e. The number of hydrogen-bond donors (Lipinski definition) is 0. The number of methoxy groups -OCH3 is 2. The van der Waals surface area contributed by atoms with Crippen molar-refractivity contribution in [2.24, 2.45) is 0 Å². The summed E-state index contributed by atoms with van der Waals surface area (Å²) >= 11 is 0. The first-order chi connectivity index (χ1) is 9.91. The van der Waals surface area contributed by atoms with Crippen LogP contribution in [0.15, 0.2) is 12.1 Å². The normalized spacial score (nSPS) is 11.5. The van der Waals surface area contributed by atoms with Crippen molar-refractivity contribution >= 4 is 14.5 Å². The van der Waals surface area contributed by atoms with Gasteiger partial charge in [0.1, 0.15) is 13.2 Å². The molecule has 0 spiro atoms. The molecule has 0 heterocycles. The second-order valence-electron chi connectivity index (χ2n) is 5.79. The van der Waals surface area contributed by atoms with Gasteiger partial charge in [-0.15, -0.1) is 9.24 Å². The average Bonchev–Trinajstić information content (AvgIpc) is 2.40. The molecule has 0 fully saturated rings. The lowest BCUT2D eigenvalue weighted by Gasteiger charge is -2.24. The van der Waals surface area contributed by atoms with Crippen LogP contribution in [0.1, 0.15) is 26.3 Å². The standard InChI is InChI=1S/C16H27O4P/c1-16(2,3)12-6-7-13(19-10-8-17-4)14(15(12)21)20-11-9-18-5/h6-7H,8-11,21H2,1-5H3. The van der Waals surface area contributed by atoms with Crippen LogP contribution in [0.3, 0.4) is 0 Å². The molecule has 0 amide bonds. The summed E-state index contributed by atoms with van der Waals surface area (Å²) in [6, 6.07) is 4.06. The molecule has 4 nitrogen and oxygen atoms in total. The zero-order valence-electron chi connectivity index (χ0n) is 13.7. The molecule has 1 aromatic carbocycles. The molecule has 5 heteroatoms. The molecule has 0 N–H and O–H groups in total. The zero-order valence-corrected chi connectivity index (χ0v) is 14.8. The van der Waals surface area contributed by atoms with Crippen molar-refractivity contribution in [3.63, 3.8) is 0 Å². The Morgan fingerprint density at radius 1 is 0.905 bits per heavy atom. The number of hydrogen-bond acceptors (Lipinski definition) is 4. The van der Waals surface area contributed by atoms with E-state index >= 15 is 0 Å². The van der Waals surface area contributed by atoms with E-state index in [9.17, 15) is 0 Å². The van der Waals surface area contributed by atoms with Crippen molar-refractivity contribution in [2.75, 3.05) is 40.6 Å². The molecule has 1 unspecified atom stereocenters. The fourth-order valence-electron chi connectivity index (χ4n) is 1.96. The van der Waals surface area contributed by atoms with Gasteiger partial charge in [-0.05, 0) is 17.0 Å². The first-order valence-corrected chi connectivity index (χ1v) is 7.66. The molecule has 0 aromatic heterocycles. The second-order valence-corrected chi connectivity index (χ2v) is 6.36. The number of benzene rings is 1. The first kappa shape index (κ1) is 18.2. The van der Waals surface area contributed by atoms with E-state index in [1.807, 2.05) is 6.07 Å². The maximum Gasteiger partial charge on any atom is 0.168 e. The summed E-state index contributed by atoms with van der Waals surface area (Å²) in [4.78, 5) is 0. The third kappa shape index (κ3) is 5.46. The van der Waals surface area contributed by atoms with Gasteiger partial charge in [-0.2, -0.15) is 0 Å². The fraction of sp³-hybridized carbons (Fsp3) is 0.625. The highest BCUT2D eigenvalue weighted by atomic mass is 31.0. The molecule has 0 bridgehead atoms. The molecule has 0 aliphatic rings. The van der Waals surface area contributed by atoms with Crippen molar-refractivity contribution in [1.29, 1.82) is 0 Å². The minimum Gasteiger partial charge on any atom is -0.487 e. The molecular formula is C16H27O4P. The molecule has 21 heavy (non-hydrogen) atoms. The zero-order chi connectivity index (χ0) is 15.9. The molecule has 0 aliphatic carbocycles. The summed E-state index contributed by atoms with van der Waals surface area (Å²) in [5.41, 5.74) is 1.26. The van der Waals surface area contributed by atoms with Gasteiger partial charge in [0.15, 0.2) is 11.5 Å². The molecule has 1 aromatic rings. The van der Waals surface area contributed by atoms with Gasteiger partial charge < -0.3 is 18.9 Å². The van der Waals surface area contributed by atoms with Gasteiger partial charge in [-0.25, -0.2) is 0 Å². The first-order valence-electron chi connectivity index (χ1n) is 7.08. The largest absolute Gasteiger partial charge is 0.487 e. The molecule has 1 atom stereocenters. The van der Waals surface area contributed by atoms with E-state index in [0.29, 0.717) is 26.4 Å². The number of ether oxygens (including phenoxy) is 4. The summed E-state index contributed by atoms with van der Waals surface area (Å²) in [6.45, 7) is 8.62. The Morgan fingerprint density at radius 3 is 2.00 bits per heavy atom. The third-order valence-corrected chi connectivity index (χ3v) is 3.62. The van der Waals surface area contributed by atoms with Crippen LogP contribution < -0.4 is 14.8 Å². The summed E-state index contributed by atoms with van der Waals surface area (Å²) in [5, 5.41) is 1.04. The third-order valence-electron chi connectivity index (χ3n) is 3.05. The summed E-state index contributed by atoms with van der Waals surface area (Å²) < 4.78 is 21.7. The Morgan fingerprint density at radius 2 is 1.48 bits per heavy atom. The molecule has 1 rings (SSSR count). The maximum atomic E-state index is 5.86. The second kappa shape index (κ2) is 8.57. The molecule has 0 saturated carbocycles. The van der Waals surface area contributed by atoms with E-state index in [1.54, 1.807) is 14.2 Å². The van der Waals surface area contributed by atoms with E-state index in [4.69, 9.17) is 18.9 Å². The Kier molecular flexibility index (Phi) is 7.44. The lowest BCUT2D eigenvalue weighted by molar-refractivity contribution is 0.133. The molecule has 0 aliphatic heterocycles. The highest BCUT2D eigenvalue weighted by Gasteiger charge is 2.21. The Hall–Kier alpha value is -0.830. The van der Waals surface area contributed by atoms with E-state index in [0.717, 1.165) is 16.8 Å². The highest BCUT2D eigenvalue weighted by molar-refractivity contribution is 7.28. The van der Waals surface area contributed by atoms with Gasteiger partial charge in [0.05, 0.1) is 13.2 Å². The molecule has 0 saturated heterocycles. The van der Waals surface area contributed by atoms with Crippen LogP contribution in [0, 0.1) is 0 Å². The Balaban J connectivity index is 3.03. The molecular weight excluding hydrogens is 287 g/mol.